The number of methoxy groups -OCH3 is 1. The second kappa shape index (κ2) is 9.66. The van der Waals surface area contributed by atoms with Crippen molar-refractivity contribution in [2.45, 2.75) is 39.5 Å². The van der Waals surface area contributed by atoms with E-state index in [1.165, 1.54) is 25.7 Å². The first-order chi connectivity index (χ1) is 10.5. The van der Waals surface area contributed by atoms with Gasteiger partial charge in [-0.15, -0.1) is 0 Å². The predicted octanol–water partition coefficient (Wildman–Crippen LogP) is 1.13. The zero-order valence-electron chi connectivity index (χ0n) is 14.5. The van der Waals surface area contributed by atoms with Gasteiger partial charge in [-0.25, -0.2) is 0 Å². The number of aliphatic imine (C=N–C) groups is 1. The van der Waals surface area contributed by atoms with E-state index in [0.29, 0.717) is 30.4 Å². The Kier molecular flexibility index (Phi) is 8.24. The number of rotatable bonds is 9. The van der Waals surface area contributed by atoms with Crippen LogP contribution in [0.5, 0.6) is 0 Å². The van der Waals surface area contributed by atoms with E-state index in [-0.39, 0.29) is 12.5 Å². The van der Waals surface area contributed by atoms with Crippen molar-refractivity contribution in [1.82, 2.24) is 16.0 Å². The van der Waals surface area contributed by atoms with Crippen molar-refractivity contribution in [3.05, 3.63) is 0 Å². The van der Waals surface area contributed by atoms with Crippen LogP contribution in [0.25, 0.3) is 0 Å². The van der Waals surface area contributed by atoms with Crippen LogP contribution in [-0.2, 0) is 9.53 Å². The van der Waals surface area contributed by atoms with Crippen molar-refractivity contribution < 1.29 is 9.53 Å². The van der Waals surface area contributed by atoms with E-state index in [1.807, 2.05) is 0 Å². The minimum atomic E-state index is -0.0551. The molecule has 0 radical (unpaired) electrons. The second-order valence-electron chi connectivity index (χ2n) is 6.57. The van der Waals surface area contributed by atoms with Crippen molar-refractivity contribution in [1.29, 1.82) is 0 Å². The number of carbonyl (C=O) groups excluding carboxylic acids is 1. The minimum absolute atomic E-state index is 0.0551. The Bertz CT molecular complexity index is 365. The molecule has 0 heterocycles. The Balaban J connectivity index is 2.29. The maximum absolute atomic E-state index is 11.6. The van der Waals surface area contributed by atoms with Crippen molar-refractivity contribution in [3.63, 3.8) is 0 Å². The quantitative estimate of drug-likeness (QED) is 0.339. The van der Waals surface area contributed by atoms with Crippen LogP contribution in [0.4, 0.5) is 0 Å². The van der Waals surface area contributed by atoms with Crippen molar-refractivity contribution >= 4 is 11.9 Å². The Morgan fingerprint density at radius 1 is 1.27 bits per heavy atom. The molecule has 1 amide bonds. The third-order valence-electron chi connectivity index (χ3n) is 4.15. The van der Waals surface area contributed by atoms with E-state index in [1.54, 1.807) is 14.2 Å². The molecule has 0 aromatic heterocycles. The Labute approximate surface area is 134 Å². The molecule has 0 aliphatic heterocycles. The zero-order valence-corrected chi connectivity index (χ0v) is 14.5. The molecule has 0 unspecified atom stereocenters. The molecule has 1 fully saturated rings. The van der Waals surface area contributed by atoms with Crippen molar-refractivity contribution in [3.8, 4) is 0 Å². The van der Waals surface area contributed by atoms with Gasteiger partial charge in [-0.1, -0.05) is 20.3 Å². The van der Waals surface area contributed by atoms with Crippen LogP contribution in [-0.4, -0.2) is 52.3 Å². The first kappa shape index (κ1) is 18.7. The molecule has 1 saturated carbocycles. The standard InChI is InChI=1S/C16H32N4O2/c1-13(2)10-16(6-5-7-16)12-20-15(17-3)19-11-14(21)18-8-9-22-4/h13H,5-12H2,1-4H3,(H,18,21)(H2,17,19,20). The summed E-state index contributed by atoms with van der Waals surface area (Å²) in [5, 5.41) is 9.21. The highest BCUT2D eigenvalue weighted by atomic mass is 16.5. The molecule has 0 aromatic carbocycles. The molecule has 22 heavy (non-hydrogen) atoms. The fraction of sp³-hybridized carbons (Fsp3) is 0.875. The fourth-order valence-electron chi connectivity index (χ4n) is 3.01. The van der Waals surface area contributed by atoms with E-state index in [2.05, 4.69) is 34.8 Å². The van der Waals surface area contributed by atoms with E-state index in [9.17, 15) is 4.79 Å². The normalized spacial score (nSPS) is 17.0. The zero-order chi connectivity index (χ0) is 16.4. The maximum Gasteiger partial charge on any atom is 0.239 e. The summed E-state index contributed by atoms with van der Waals surface area (Å²) in [6, 6.07) is 0. The molecule has 0 spiro atoms. The van der Waals surface area contributed by atoms with Crippen LogP contribution in [0.3, 0.4) is 0 Å². The van der Waals surface area contributed by atoms with Crippen molar-refractivity contribution in [2.24, 2.45) is 16.3 Å². The van der Waals surface area contributed by atoms with E-state index < -0.39 is 0 Å². The van der Waals surface area contributed by atoms with Gasteiger partial charge in [0, 0.05) is 27.2 Å². The highest BCUT2D eigenvalue weighted by molar-refractivity contribution is 5.86. The molecule has 128 valence electrons. The van der Waals surface area contributed by atoms with Gasteiger partial charge in [0.25, 0.3) is 0 Å². The maximum atomic E-state index is 11.6. The van der Waals surface area contributed by atoms with Crippen LogP contribution in [0, 0.1) is 11.3 Å². The number of amides is 1. The SMILES string of the molecule is CN=C(NCC(=O)NCCOC)NCC1(CC(C)C)CCC1. The summed E-state index contributed by atoms with van der Waals surface area (Å²) in [4.78, 5) is 15.8. The van der Waals surface area contributed by atoms with Gasteiger partial charge in [0.1, 0.15) is 0 Å². The Morgan fingerprint density at radius 3 is 2.50 bits per heavy atom. The summed E-state index contributed by atoms with van der Waals surface area (Å²) in [7, 11) is 3.34. The Morgan fingerprint density at radius 2 is 2.00 bits per heavy atom. The van der Waals surface area contributed by atoms with Gasteiger partial charge in [-0.05, 0) is 30.6 Å². The molecule has 1 aliphatic rings. The van der Waals surface area contributed by atoms with Gasteiger partial charge in [-0.2, -0.15) is 0 Å². The highest BCUT2D eigenvalue weighted by Crippen LogP contribution is 2.45. The highest BCUT2D eigenvalue weighted by Gasteiger charge is 2.37. The lowest BCUT2D eigenvalue weighted by atomic mass is 9.64. The topological polar surface area (TPSA) is 74.8 Å². The van der Waals surface area contributed by atoms with E-state index in [4.69, 9.17) is 4.74 Å². The summed E-state index contributed by atoms with van der Waals surface area (Å²) < 4.78 is 4.89. The molecule has 6 heteroatoms. The van der Waals surface area contributed by atoms with E-state index in [0.717, 1.165) is 6.54 Å². The van der Waals surface area contributed by atoms with Crippen LogP contribution < -0.4 is 16.0 Å². The number of hydrogen-bond donors (Lipinski definition) is 3. The van der Waals surface area contributed by atoms with Gasteiger partial charge < -0.3 is 20.7 Å². The average Bonchev–Trinajstić information content (AvgIpc) is 2.44. The molecular formula is C16H32N4O2. The first-order valence-corrected chi connectivity index (χ1v) is 8.21. The Hall–Kier alpha value is -1.30. The number of ether oxygens (including phenoxy) is 1. The molecule has 1 aliphatic carbocycles. The fourth-order valence-corrected chi connectivity index (χ4v) is 3.01. The lowest BCUT2D eigenvalue weighted by molar-refractivity contribution is -0.120. The summed E-state index contributed by atoms with van der Waals surface area (Å²) in [5.74, 6) is 1.35. The smallest absolute Gasteiger partial charge is 0.239 e. The second-order valence-corrected chi connectivity index (χ2v) is 6.57. The molecule has 0 aromatic rings. The van der Waals surface area contributed by atoms with Crippen LogP contribution in [0.2, 0.25) is 0 Å². The number of carbonyl (C=O) groups is 1. The third kappa shape index (κ3) is 6.64. The number of hydrogen-bond acceptors (Lipinski definition) is 3. The number of nitrogens with zero attached hydrogens (tertiary/aromatic N) is 1. The number of guanidine groups is 1. The lowest BCUT2D eigenvalue weighted by Gasteiger charge is -2.43. The molecule has 0 bridgehead atoms. The molecular weight excluding hydrogens is 280 g/mol. The molecule has 3 N–H and O–H groups in total. The van der Waals surface area contributed by atoms with Gasteiger partial charge in [-0.3, -0.25) is 9.79 Å². The van der Waals surface area contributed by atoms with Crippen LogP contribution >= 0.6 is 0 Å². The average molecular weight is 312 g/mol. The lowest BCUT2D eigenvalue weighted by Crippen LogP contribution is -2.49. The number of nitrogens with one attached hydrogen (secondary N) is 3. The summed E-state index contributed by atoms with van der Waals surface area (Å²) >= 11 is 0. The van der Waals surface area contributed by atoms with Gasteiger partial charge in [0.15, 0.2) is 5.96 Å². The molecule has 0 atom stereocenters. The van der Waals surface area contributed by atoms with Crippen LogP contribution in [0.15, 0.2) is 4.99 Å². The largest absolute Gasteiger partial charge is 0.383 e. The first-order valence-electron chi connectivity index (χ1n) is 8.21. The van der Waals surface area contributed by atoms with Crippen molar-refractivity contribution in [2.75, 3.05) is 40.4 Å². The van der Waals surface area contributed by atoms with Gasteiger partial charge in [0.2, 0.25) is 5.91 Å². The summed E-state index contributed by atoms with van der Waals surface area (Å²) in [5.41, 5.74) is 0.409. The summed E-state index contributed by atoms with van der Waals surface area (Å²) in [6.07, 6.45) is 5.14. The molecule has 1 rings (SSSR count). The van der Waals surface area contributed by atoms with E-state index >= 15 is 0 Å². The third-order valence-corrected chi connectivity index (χ3v) is 4.15. The monoisotopic (exact) mass is 312 g/mol. The molecule has 6 nitrogen and oxygen atoms in total. The predicted molar refractivity (Wildman–Crippen MR) is 90.0 cm³/mol. The minimum Gasteiger partial charge on any atom is -0.383 e. The van der Waals surface area contributed by atoms with Crippen LogP contribution in [0.1, 0.15) is 39.5 Å². The molecule has 0 saturated heterocycles. The van der Waals surface area contributed by atoms with Gasteiger partial charge in [0.05, 0.1) is 13.2 Å². The summed E-state index contributed by atoms with van der Waals surface area (Å²) in [6.45, 7) is 6.75. The van der Waals surface area contributed by atoms with Gasteiger partial charge >= 0.3 is 0 Å².